The molecule has 0 spiro atoms. The van der Waals surface area contributed by atoms with Gasteiger partial charge >= 0.3 is 10.4 Å². The zero-order valence-corrected chi connectivity index (χ0v) is 59.8. The Morgan fingerprint density at radius 1 is 0.433 bits per heavy atom. The Bertz CT molecular complexity index is 1670. The minimum atomic E-state index is -5.10. The molecule has 6 N–H and O–H groups in total. The van der Waals surface area contributed by atoms with E-state index in [1.54, 1.807) is 6.08 Å². The summed E-state index contributed by atoms with van der Waals surface area (Å²) in [5.74, 6) is -0.254. The lowest BCUT2D eigenvalue weighted by Gasteiger charge is -2.41. The number of aliphatic hydroxyl groups excluding tert-OH is 4. The van der Waals surface area contributed by atoms with Gasteiger partial charge in [-0.2, -0.15) is 8.42 Å². The maximum absolute atomic E-state index is 13.2. The molecule has 7 unspecified atom stereocenters. The molecule has 0 bridgehead atoms. The molecule has 1 aliphatic heterocycles. The van der Waals surface area contributed by atoms with E-state index >= 15 is 0 Å². The summed E-state index contributed by atoms with van der Waals surface area (Å²) in [4.78, 5) is 13.2. The molecule has 7 atom stereocenters. The third kappa shape index (κ3) is 56.9. The van der Waals surface area contributed by atoms with E-state index < -0.39 is 59.9 Å². The molecular weight excluding hydrogens is 1150 g/mol. The average Bonchev–Trinajstić information content (AvgIpc) is 1.40. The van der Waals surface area contributed by atoms with Gasteiger partial charge in [-0.3, -0.25) is 9.35 Å². The smallest absolute Gasteiger partial charge is 0.394 e. The van der Waals surface area contributed by atoms with Gasteiger partial charge in [0.25, 0.3) is 0 Å². The van der Waals surface area contributed by atoms with Gasteiger partial charge in [0.15, 0.2) is 6.29 Å². The number of nitrogens with one attached hydrogen (secondary N) is 1. The third-order valence-electron chi connectivity index (χ3n) is 19.0. The fourth-order valence-electron chi connectivity index (χ4n) is 13.0. The molecule has 12 nitrogen and oxygen atoms in total. The minimum Gasteiger partial charge on any atom is -0.394 e. The van der Waals surface area contributed by atoms with Gasteiger partial charge in [0.1, 0.15) is 24.4 Å². The molecule has 0 saturated carbocycles. The molecule has 0 aliphatic carbocycles. The van der Waals surface area contributed by atoms with Gasteiger partial charge in [-0.25, -0.2) is 4.18 Å². The highest BCUT2D eigenvalue weighted by Gasteiger charge is 2.48. The van der Waals surface area contributed by atoms with Crippen LogP contribution in [0.3, 0.4) is 0 Å². The molecule has 90 heavy (non-hydrogen) atoms. The Kier molecular flexibility index (Phi) is 63.7. The predicted molar refractivity (Wildman–Crippen MR) is 379 cm³/mol. The van der Waals surface area contributed by atoms with Crippen molar-refractivity contribution in [2.45, 2.75) is 448 Å². The van der Waals surface area contributed by atoms with Crippen LogP contribution in [0, 0.1) is 0 Å². The Labute approximate surface area is 556 Å². The van der Waals surface area contributed by atoms with Crippen LogP contribution in [0.25, 0.3) is 0 Å². The quantitative estimate of drug-likeness (QED) is 0.0193. The van der Waals surface area contributed by atoms with Crippen LogP contribution in [-0.2, 0) is 28.9 Å². The lowest BCUT2D eigenvalue weighted by atomic mass is 9.99. The Morgan fingerprint density at radius 2 is 0.711 bits per heavy atom. The van der Waals surface area contributed by atoms with Gasteiger partial charge in [0.05, 0.1) is 25.4 Å². The van der Waals surface area contributed by atoms with E-state index in [9.17, 15) is 38.2 Å². The van der Waals surface area contributed by atoms with Gasteiger partial charge in [-0.15, -0.1) is 0 Å². The summed E-state index contributed by atoms with van der Waals surface area (Å²) in [5.41, 5.74) is 0. The summed E-state index contributed by atoms with van der Waals surface area (Å²) in [5, 5.41) is 45.3. The molecule has 0 aromatic heterocycles. The SMILES string of the molecule is CCCCCCCCCCCCCCCCCCCC/C=C\CCCCCCCCCCCCCCCCCCCC(=O)NC(COC1OC(CO)C(O)C(OS(=O)(=O)O)C1O)C(O)/C=C/CCCCCCCCCCCCCCCCCCCCCCCC. The van der Waals surface area contributed by atoms with E-state index in [1.807, 2.05) is 6.08 Å². The summed E-state index contributed by atoms with van der Waals surface area (Å²) in [6.45, 7) is 3.47. The molecule has 1 aliphatic rings. The first kappa shape index (κ1) is 86.6. The number of rotatable bonds is 71. The monoisotopic (exact) mass is 1300 g/mol. The number of carbonyl (C=O) groups is 1. The minimum absolute atomic E-state index is 0.254. The van der Waals surface area contributed by atoms with E-state index in [4.69, 9.17) is 9.47 Å². The Hall–Kier alpha value is -1.42. The van der Waals surface area contributed by atoms with E-state index in [2.05, 4.69) is 35.5 Å². The molecule has 1 heterocycles. The summed E-state index contributed by atoms with van der Waals surface area (Å²) < 4.78 is 48.1. The van der Waals surface area contributed by atoms with Crippen molar-refractivity contribution in [3.8, 4) is 0 Å². The molecule has 534 valence electrons. The van der Waals surface area contributed by atoms with Crippen LogP contribution in [0.1, 0.15) is 406 Å². The maximum Gasteiger partial charge on any atom is 0.397 e. The Morgan fingerprint density at radius 3 is 1.00 bits per heavy atom. The highest BCUT2D eigenvalue weighted by atomic mass is 32.3. The number of aliphatic hydroxyl groups is 4. The number of amides is 1. The van der Waals surface area contributed by atoms with Crippen LogP contribution in [0.5, 0.6) is 0 Å². The van der Waals surface area contributed by atoms with Crippen molar-refractivity contribution < 1.29 is 51.8 Å². The van der Waals surface area contributed by atoms with Crippen molar-refractivity contribution in [2.24, 2.45) is 0 Å². The molecule has 0 aromatic rings. The molecule has 1 fully saturated rings. The normalized spacial score (nSPS) is 18.0. The molecule has 0 radical (unpaired) electrons. The fourth-order valence-corrected chi connectivity index (χ4v) is 13.5. The van der Waals surface area contributed by atoms with Crippen molar-refractivity contribution in [1.82, 2.24) is 5.32 Å². The van der Waals surface area contributed by atoms with Crippen molar-refractivity contribution in [3.05, 3.63) is 24.3 Å². The lowest BCUT2D eigenvalue weighted by molar-refractivity contribution is -0.298. The van der Waals surface area contributed by atoms with E-state index in [0.717, 1.165) is 38.5 Å². The lowest BCUT2D eigenvalue weighted by Crippen LogP contribution is -2.61. The first-order chi connectivity index (χ1) is 44.0. The van der Waals surface area contributed by atoms with Gasteiger partial charge in [0.2, 0.25) is 5.91 Å². The molecular formula is C77H149NO11S. The summed E-state index contributed by atoms with van der Waals surface area (Å²) >= 11 is 0. The highest BCUT2D eigenvalue weighted by molar-refractivity contribution is 7.80. The molecule has 1 saturated heterocycles. The number of carbonyl (C=O) groups excluding carboxylic acids is 1. The summed E-state index contributed by atoms with van der Waals surface area (Å²) in [7, 11) is -5.10. The van der Waals surface area contributed by atoms with Crippen LogP contribution in [0.2, 0.25) is 0 Å². The predicted octanol–water partition coefficient (Wildman–Crippen LogP) is 21.4. The van der Waals surface area contributed by atoms with Crippen LogP contribution >= 0.6 is 0 Å². The van der Waals surface area contributed by atoms with Crippen LogP contribution in [0.15, 0.2) is 24.3 Å². The maximum atomic E-state index is 13.2. The van der Waals surface area contributed by atoms with Crippen LogP contribution < -0.4 is 5.32 Å². The number of hydrogen-bond acceptors (Lipinski definition) is 10. The van der Waals surface area contributed by atoms with Crippen LogP contribution in [-0.4, -0.2) is 95.4 Å². The van der Waals surface area contributed by atoms with E-state index in [-0.39, 0.29) is 18.9 Å². The molecule has 1 rings (SSSR count). The Balaban J connectivity index is 2.16. The van der Waals surface area contributed by atoms with Crippen molar-refractivity contribution in [2.75, 3.05) is 13.2 Å². The molecule has 1 amide bonds. The molecule has 0 aromatic carbocycles. The number of hydrogen-bond donors (Lipinski definition) is 6. The van der Waals surface area contributed by atoms with Crippen LogP contribution in [0.4, 0.5) is 0 Å². The van der Waals surface area contributed by atoms with Gasteiger partial charge in [0, 0.05) is 6.42 Å². The van der Waals surface area contributed by atoms with Gasteiger partial charge < -0.3 is 35.2 Å². The van der Waals surface area contributed by atoms with E-state index in [0.29, 0.717) is 6.42 Å². The first-order valence-electron chi connectivity index (χ1n) is 39.2. The topological polar surface area (TPSA) is 192 Å². The number of ether oxygens (including phenoxy) is 2. The van der Waals surface area contributed by atoms with Crippen molar-refractivity contribution in [1.29, 1.82) is 0 Å². The van der Waals surface area contributed by atoms with Gasteiger partial charge in [-0.05, 0) is 44.9 Å². The van der Waals surface area contributed by atoms with Gasteiger partial charge in [-0.1, -0.05) is 378 Å². The average molecular weight is 1300 g/mol. The van der Waals surface area contributed by atoms with Crippen molar-refractivity contribution in [3.63, 3.8) is 0 Å². The second-order valence-corrected chi connectivity index (χ2v) is 28.7. The van der Waals surface area contributed by atoms with E-state index in [1.165, 1.54) is 340 Å². The second-order valence-electron chi connectivity index (χ2n) is 27.7. The standard InChI is InChI=1S/C77H149NO11S/c1-3-5-7-9-11-13-15-17-19-21-23-25-27-29-30-31-32-33-34-35-36-37-38-39-40-41-42-43-45-47-49-51-53-55-57-59-61-63-65-67-73(81)78-70(69-87-77-75(83)76(89-90(84,85)86)74(82)72(68-79)88-77)71(80)66-64-62-60-58-56-54-52-50-48-46-44-28-26-24-22-20-18-16-14-12-10-8-6-4-2/h35-36,64,66,70-72,74-77,79-80,82-83H,3-34,37-63,65,67-69H2,1-2H3,(H,78,81)(H,84,85,86)/b36-35-,66-64+. The number of unbranched alkanes of at least 4 members (excludes halogenated alkanes) is 57. The third-order valence-corrected chi connectivity index (χ3v) is 19.4. The summed E-state index contributed by atoms with van der Waals surface area (Å²) in [6, 6.07) is -0.944. The first-order valence-corrected chi connectivity index (χ1v) is 40.6. The zero-order chi connectivity index (χ0) is 65.3. The molecule has 13 heteroatoms. The highest BCUT2D eigenvalue weighted by Crippen LogP contribution is 2.27. The zero-order valence-electron chi connectivity index (χ0n) is 59.0. The number of allylic oxidation sites excluding steroid dienone is 3. The summed E-state index contributed by atoms with van der Waals surface area (Å²) in [6.07, 6.45) is 78.6. The second kappa shape index (κ2) is 66.2. The van der Waals surface area contributed by atoms with Crippen molar-refractivity contribution >= 4 is 16.3 Å². The fraction of sp³-hybridized carbons (Fsp3) is 0.935. The largest absolute Gasteiger partial charge is 0.397 e.